The highest BCUT2D eigenvalue weighted by Crippen LogP contribution is 2.12. The van der Waals surface area contributed by atoms with Gasteiger partial charge in [0.15, 0.2) is 0 Å². The number of carbonyl (C=O) groups is 13. The fraction of sp³-hybridized carbons (Fsp3) is 0.545. The van der Waals surface area contributed by atoms with Crippen LogP contribution in [0.4, 0.5) is 0 Å². The van der Waals surface area contributed by atoms with Crippen LogP contribution in [0.1, 0.15) is 90.6 Å². The number of aliphatic carboxylic acids is 1. The molecule has 0 radical (unpaired) electrons. The number of nitrogens with zero attached hydrogens (tertiary/aromatic N) is 2. The van der Waals surface area contributed by atoms with Crippen molar-refractivity contribution < 1.29 is 72.5 Å². The SMILES string of the molecule is CC(C)C[C@H](NC(=O)[C@H](Cc1c[nH]cn1)NC(=O)[C@H](CO)NC(=O)CNC(=O)[C@H](CS)NC(=O)[C@H](CC(C)C)NC(=O)[C@H](Cc1c[nH]cn1)NC(=O)[C@H](CCC(N)=O)NC(=O)[C@H](CC(N)=O)NC(=O)[C@@H](NC(=O)[C@@H](N)Cc1ccccc1)C(C)C)C(=O)O. The minimum Gasteiger partial charge on any atom is -0.480 e. The number of nitrogens with two attached hydrogens (primary N) is 3. The van der Waals surface area contributed by atoms with E-state index in [0.29, 0.717) is 5.69 Å². The van der Waals surface area contributed by atoms with Crippen LogP contribution < -0.4 is 70.4 Å². The minimum atomic E-state index is -1.75. The van der Waals surface area contributed by atoms with Crippen molar-refractivity contribution in [3.8, 4) is 0 Å². The monoisotopic (exact) mass is 1250 g/mol. The summed E-state index contributed by atoms with van der Waals surface area (Å²) < 4.78 is 0. The molecule has 3 rings (SSSR count). The van der Waals surface area contributed by atoms with Crippen molar-refractivity contribution in [2.75, 3.05) is 18.9 Å². The largest absolute Gasteiger partial charge is 0.480 e. The van der Waals surface area contributed by atoms with Gasteiger partial charge in [-0.3, -0.25) is 57.5 Å². The Morgan fingerprint density at radius 3 is 1.48 bits per heavy atom. The number of rotatable bonds is 39. The van der Waals surface area contributed by atoms with Crippen molar-refractivity contribution in [2.45, 2.75) is 153 Å². The second kappa shape index (κ2) is 36.9. The summed E-state index contributed by atoms with van der Waals surface area (Å²) in [5, 5.41) is 44.0. The standard InChI is InChI=1S/C55H83N17O15S/c1-27(2)14-35(49(80)71-41(24-88)47(78)61-22-44(76)64-40(23-73)53(84)68-37(18-32-21-60-26-63-32)51(82)70-39(55(86)87)15-28(3)4)66-50(81)36(17-31-20-59-25-62-31)67-48(79)34(12-13-42(57)74)65-52(83)38(19-43(58)75)69-54(85)45(29(5)6)72-46(77)33(56)16-30-10-8-7-9-11-30/h7-11,20-21,25-29,33-41,45,73,88H,12-19,22-24,56H2,1-6H3,(H2,57,74)(H2,58,75)(H,59,62)(H,60,63)(H,61,78)(H,64,76)(H,65,83)(H,66,81)(H,67,79)(H,68,84)(H,69,85)(H,70,82)(H,71,80)(H,72,77)(H,86,87)/t33-,34-,35-,36-,37-,38-,39-,40-,41-,45-/m0/s1. The lowest BCUT2D eigenvalue weighted by atomic mass is 10.0. The molecule has 484 valence electrons. The van der Waals surface area contributed by atoms with E-state index in [9.17, 15) is 72.5 Å². The first-order valence-corrected chi connectivity index (χ1v) is 28.9. The number of aliphatic hydroxyl groups excluding tert-OH is 1. The Labute approximate surface area is 512 Å². The Morgan fingerprint density at radius 2 is 1.00 bits per heavy atom. The summed E-state index contributed by atoms with van der Waals surface area (Å²) in [6.07, 6.45) is 3.27. The van der Waals surface area contributed by atoms with Crippen LogP contribution in [0.15, 0.2) is 55.4 Å². The number of carboxylic acids is 1. The fourth-order valence-corrected chi connectivity index (χ4v) is 8.84. The number of thiol groups is 1. The maximum absolute atomic E-state index is 14.3. The lowest BCUT2D eigenvalue weighted by molar-refractivity contribution is -0.143. The van der Waals surface area contributed by atoms with Crippen molar-refractivity contribution in [2.24, 2.45) is 35.0 Å². The van der Waals surface area contributed by atoms with Crippen LogP contribution in [0, 0.1) is 17.8 Å². The number of nitrogens with one attached hydrogen (secondary N) is 12. The number of imidazole rings is 2. The number of H-pyrrole nitrogens is 2. The Kier molecular flexibility index (Phi) is 30.7. The lowest BCUT2D eigenvalue weighted by Gasteiger charge is -2.28. The number of benzene rings is 1. The number of aliphatic hydroxyl groups is 1. The highest BCUT2D eigenvalue weighted by atomic mass is 32.1. The predicted molar refractivity (Wildman–Crippen MR) is 318 cm³/mol. The van der Waals surface area contributed by atoms with Gasteiger partial charge in [0, 0.05) is 37.4 Å². The van der Waals surface area contributed by atoms with Gasteiger partial charge in [-0.2, -0.15) is 12.6 Å². The molecule has 0 fully saturated rings. The van der Waals surface area contributed by atoms with Gasteiger partial charge in [0.05, 0.1) is 49.7 Å². The van der Waals surface area contributed by atoms with Gasteiger partial charge in [-0.15, -0.1) is 0 Å². The molecule has 0 spiro atoms. The zero-order valence-electron chi connectivity index (χ0n) is 49.8. The molecule has 0 unspecified atom stereocenters. The van der Waals surface area contributed by atoms with Crippen molar-refractivity contribution in [3.05, 3.63) is 72.3 Å². The molecule has 1 aromatic carbocycles. The van der Waals surface area contributed by atoms with E-state index >= 15 is 0 Å². The van der Waals surface area contributed by atoms with E-state index in [4.69, 9.17) is 17.2 Å². The molecule has 0 saturated carbocycles. The molecule has 33 heteroatoms. The molecule has 0 aliphatic rings. The molecule has 0 bridgehead atoms. The van der Waals surface area contributed by atoms with Gasteiger partial charge in [-0.1, -0.05) is 71.9 Å². The van der Waals surface area contributed by atoms with E-state index < -0.39 is 176 Å². The summed E-state index contributed by atoms with van der Waals surface area (Å²) in [6.45, 7) is 8.34. The molecular weight excluding hydrogens is 1170 g/mol. The Balaban J connectivity index is 1.76. The smallest absolute Gasteiger partial charge is 0.326 e. The predicted octanol–water partition coefficient (Wildman–Crippen LogP) is -5.14. The molecule has 0 saturated heterocycles. The molecule has 20 N–H and O–H groups in total. The van der Waals surface area contributed by atoms with Crippen molar-refractivity contribution in [1.82, 2.24) is 73.1 Å². The van der Waals surface area contributed by atoms with Gasteiger partial charge in [0.25, 0.3) is 0 Å². The average Bonchev–Trinajstić information content (AvgIpc) is 4.37. The number of primary amides is 2. The first-order valence-electron chi connectivity index (χ1n) is 28.3. The second-order valence-electron chi connectivity index (χ2n) is 22.0. The third-order valence-electron chi connectivity index (χ3n) is 13.2. The molecule has 2 aromatic heterocycles. The molecule has 12 amide bonds. The Morgan fingerprint density at radius 1 is 0.534 bits per heavy atom. The van der Waals surface area contributed by atoms with Gasteiger partial charge >= 0.3 is 5.97 Å². The van der Waals surface area contributed by atoms with Crippen LogP contribution in [-0.2, 0) is 81.6 Å². The molecule has 32 nitrogen and oxygen atoms in total. The highest BCUT2D eigenvalue weighted by molar-refractivity contribution is 7.80. The maximum Gasteiger partial charge on any atom is 0.326 e. The Hall–Kier alpha value is -8.98. The molecular formula is C55H83N17O15S. The summed E-state index contributed by atoms with van der Waals surface area (Å²) in [5.74, 6) is -14.3. The topological polar surface area (TPSA) is 518 Å². The minimum absolute atomic E-state index is 0.0526. The maximum atomic E-state index is 14.3. The van der Waals surface area contributed by atoms with Crippen LogP contribution in [0.5, 0.6) is 0 Å². The van der Waals surface area contributed by atoms with Crippen LogP contribution in [0.3, 0.4) is 0 Å². The van der Waals surface area contributed by atoms with E-state index in [1.807, 2.05) is 0 Å². The number of carbonyl (C=O) groups excluding carboxylic acids is 12. The summed E-state index contributed by atoms with van der Waals surface area (Å²) in [6, 6.07) is -5.82. The van der Waals surface area contributed by atoms with Crippen LogP contribution in [0.2, 0.25) is 0 Å². The number of amides is 12. The number of hydrogen-bond donors (Lipinski definition) is 18. The van der Waals surface area contributed by atoms with Crippen LogP contribution in [0.25, 0.3) is 0 Å². The van der Waals surface area contributed by atoms with Gasteiger partial charge in [0.1, 0.15) is 54.4 Å². The zero-order valence-corrected chi connectivity index (χ0v) is 50.6. The van der Waals surface area contributed by atoms with Gasteiger partial charge < -0.3 is 90.5 Å². The second-order valence-corrected chi connectivity index (χ2v) is 22.3. The van der Waals surface area contributed by atoms with Gasteiger partial charge in [-0.05, 0) is 49.0 Å². The third kappa shape index (κ3) is 25.9. The molecule has 88 heavy (non-hydrogen) atoms. The first kappa shape index (κ1) is 73.3. The number of hydrogen-bond acceptors (Lipinski definition) is 18. The number of aromatic amines is 2. The molecule has 0 aliphatic carbocycles. The number of aromatic nitrogens is 4. The first-order chi connectivity index (χ1) is 41.5. The molecule has 2 heterocycles. The lowest BCUT2D eigenvalue weighted by Crippen LogP contribution is -2.61. The van der Waals surface area contributed by atoms with Gasteiger partial charge in [-0.25, -0.2) is 14.8 Å². The van der Waals surface area contributed by atoms with Crippen molar-refractivity contribution in [3.63, 3.8) is 0 Å². The fourth-order valence-electron chi connectivity index (χ4n) is 8.58. The summed E-state index contributed by atoms with van der Waals surface area (Å²) in [7, 11) is 0. The number of carboxylic acid groups (broad SMARTS) is 1. The molecule has 0 aliphatic heterocycles. The van der Waals surface area contributed by atoms with E-state index in [1.54, 1.807) is 71.9 Å². The summed E-state index contributed by atoms with van der Waals surface area (Å²) >= 11 is 4.19. The van der Waals surface area contributed by atoms with Crippen LogP contribution in [-0.4, -0.2) is 186 Å². The molecule has 3 aromatic rings. The van der Waals surface area contributed by atoms with E-state index in [-0.39, 0.29) is 55.4 Å². The van der Waals surface area contributed by atoms with Crippen molar-refractivity contribution >= 4 is 89.5 Å². The van der Waals surface area contributed by atoms with Gasteiger partial charge in [0.2, 0.25) is 70.9 Å². The summed E-state index contributed by atoms with van der Waals surface area (Å²) in [4.78, 5) is 187. The van der Waals surface area contributed by atoms with E-state index in [0.717, 1.165) is 5.56 Å². The zero-order chi connectivity index (χ0) is 65.8. The van der Waals surface area contributed by atoms with E-state index in [2.05, 4.69) is 85.7 Å². The average molecular weight is 1250 g/mol. The quantitative estimate of drug-likeness (QED) is 0.0238. The molecule has 10 atom stereocenters. The normalized spacial score (nSPS) is 14.6. The Bertz CT molecular complexity index is 2840. The highest BCUT2D eigenvalue weighted by Gasteiger charge is 2.37. The third-order valence-corrected chi connectivity index (χ3v) is 13.5. The summed E-state index contributed by atoms with van der Waals surface area (Å²) in [5.41, 5.74) is 18.4. The van der Waals surface area contributed by atoms with Crippen molar-refractivity contribution in [1.29, 1.82) is 0 Å². The van der Waals surface area contributed by atoms with Crippen LogP contribution >= 0.6 is 12.6 Å². The van der Waals surface area contributed by atoms with E-state index in [1.165, 1.54) is 25.0 Å².